The Morgan fingerprint density at radius 1 is 0.630 bits per heavy atom. The van der Waals surface area contributed by atoms with Gasteiger partial charge in [0.15, 0.2) is 0 Å². The lowest BCUT2D eigenvalue weighted by atomic mass is 9.98. The van der Waals surface area contributed by atoms with Gasteiger partial charge < -0.3 is 4.74 Å². The van der Waals surface area contributed by atoms with Gasteiger partial charge in [0.05, 0.1) is 12.3 Å². The van der Waals surface area contributed by atoms with Crippen LogP contribution in [0.1, 0.15) is 135 Å². The summed E-state index contributed by atoms with van der Waals surface area (Å²) in [7, 11) is 0. The van der Waals surface area contributed by atoms with Crippen molar-refractivity contribution in [2.75, 3.05) is 0 Å². The van der Waals surface area contributed by atoms with Crippen LogP contribution in [0.25, 0.3) is 0 Å². The molecule has 0 bridgehead atoms. The second kappa shape index (κ2) is 17.3. The second-order valence-electron chi connectivity index (χ2n) is 8.49. The number of rotatable bonds is 19. The first-order chi connectivity index (χ1) is 13.2. The molecule has 3 heteroatoms. The van der Waals surface area contributed by atoms with Gasteiger partial charge in [-0.15, -0.1) is 0 Å². The number of ether oxygens (including phenoxy) is 1. The van der Waals surface area contributed by atoms with Gasteiger partial charge in [-0.25, -0.2) is 0 Å². The lowest BCUT2D eigenvalue weighted by Crippen LogP contribution is -2.06. The highest BCUT2D eigenvalue weighted by atomic mass is 16.6. The molecule has 0 radical (unpaired) electrons. The van der Waals surface area contributed by atoms with E-state index in [9.17, 15) is 9.59 Å². The van der Waals surface area contributed by atoms with Crippen molar-refractivity contribution in [2.45, 2.75) is 135 Å². The SMILES string of the molecule is CCCCCCCCCCCCCCCCCCCCC1CC(=O)OC1=O. The molecule has 0 amide bonds. The Labute approximate surface area is 168 Å². The van der Waals surface area contributed by atoms with Crippen molar-refractivity contribution in [1.29, 1.82) is 0 Å². The minimum absolute atomic E-state index is 0.154. The first-order valence-electron chi connectivity index (χ1n) is 12.0. The van der Waals surface area contributed by atoms with E-state index in [0.29, 0.717) is 6.42 Å². The molecule has 1 aliphatic rings. The highest BCUT2D eigenvalue weighted by Gasteiger charge is 2.32. The highest BCUT2D eigenvalue weighted by molar-refractivity contribution is 5.94. The molecule has 0 aromatic carbocycles. The largest absolute Gasteiger partial charge is 0.393 e. The number of unbranched alkanes of at least 4 members (excludes halogenated alkanes) is 17. The number of hydrogen-bond donors (Lipinski definition) is 0. The fraction of sp³-hybridized carbons (Fsp3) is 0.917. The Bertz CT molecular complexity index is 378. The van der Waals surface area contributed by atoms with Crippen molar-refractivity contribution >= 4 is 11.9 Å². The van der Waals surface area contributed by atoms with Gasteiger partial charge in [0.25, 0.3) is 0 Å². The van der Waals surface area contributed by atoms with E-state index in [2.05, 4.69) is 11.7 Å². The number of cyclic esters (lactones) is 2. The van der Waals surface area contributed by atoms with Gasteiger partial charge in [0.2, 0.25) is 0 Å². The van der Waals surface area contributed by atoms with Crippen LogP contribution in [0, 0.1) is 5.92 Å². The van der Waals surface area contributed by atoms with Gasteiger partial charge in [0, 0.05) is 0 Å². The van der Waals surface area contributed by atoms with Crippen molar-refractivity contribution in [3.05, 3.63) is 0 Å². The third-order valence-electron chi connectivity index (χ3n) is 5.87. The quantitative estimate of drug-likeness (QED) is 0.132. The van der Waals surface area contributed by atoms with Crippen molar-refractivity contribution in [3.8, 4) is 0 Å². The van der Waals surface area contributed by atoms with Crippen LogP contribution in [0.4, 0.5) is 0 Å². The third kappa shape index (κ3) is 13.9. The summed E-state index contributed by atoms with van der Waals surface area (Å²) in [4.78, 5) is 22.4. The molecule has 0 N–H and O–H groups in total. The Kier molecular flexibility index (Phi) is 15.4. The first kappa shape index (κ1) is 24.2. The molecule has 1 rings (SSSR count). The maximum Gasteiger partial charge on any atom is 0.317 e. The molecule has 0 aromatic heterocycles. The smallest absolute Gasteiger partial charge is 0.317 e. The molecule has 0 saturated carbocycles. The molecule has 0 aliphatic carbocycles. The predicted octanol–water partition coefficient (Wildman–Crippen LogP) is 7.51. The van der Waals surface area contributed by atoms with Crippen LogP contribution in [-0.4, -0.2) is 11.9 Å². The van der Waals surface area contributed by atoms with Crippen LogP contribution in [-0.2, 0) is 14.3 Å². The molecular formula is C24H44O3. The van der Waals surface area contributed by atoms with Gasteiger partial charge >= 0.3 is 11.9 Å². The minimum atomic E-state index is -0.340. The van der Waals surface area contributed by atoms with E-state index in [0.717, 1.165) is 12.8 Å². The van der Waals surface area contributed by atoms with Gasteiger partial charge in [0.1, 0.15) is 0 Å². The fourth-order valence-corrected chi connectivity index (χ4v) is 4.03. The van der Waals surface area contributed by atoms with Gasteiger partial charge in [-0.2, -0.15) is 0 Å². The predicted molar refractivity (Wildman–Crippen MR) is 113 cm³/mol. The van der Waals surface area contributed by atoms with Crippen LogP contribution >= 0.6 is 0 Å². The molecule has 158 valence electrons. The van der Waals surface area contributed by atoms with Crippen molar-refractivity contribution < 1.29 is 14.3 Å². The summed E-state index contributed by atoms with van der Waals surface area (Å²) >= 11 is 0. The lowest BCUT2D eigenvalue weighted by Gasteiger charge is -2.05. The summed E-state index contributed by atoms with van der Waals surface area (Å²) in [5.41, 5.74) is 0. The van der Waals surface area contributed by atoms with E-state index in [1.807, 2.05) is 0 Å². The molecule has 1 unspecified atom stereocenters. The van der Waals surface area contributed by atoms with Crippen LogP contribution in [0.3, 0.4) is 0 Å². The molecule has 3 nitrogen and oxygen atoms in total. The molecular weight excluding hydrogens is 336 g/mol. The Balaban J connectivity index is 1.70. The Hall–Kier alpha value is -0.860. The van der Waals surface area contributed by atoms with Crippen molar-refractivity contribution in [2.24, 2.45) is 5.92 Å². The van der Waals surface area contributed by atoms with Crippen LogP contribution < -0.4 is 0 Å². The Morgan fingerprint density at radius 2 is 1.00 bits per heavy atom. The zero-order chi connectivity index (χ0) is 19.6. The number of hydrogen-bond acceptors (Lipinski definition) is 3. The van der Waals surface area contributed by atoms with Gasteiger partial charge in [-0.3, -0.25) is 9.59 Å². The molecule has 1 aliphatic heterocycles. The maximum atomic E-state index is 11.4. The first-order valence-corrected chi connectivity index (χ1v) is 12.0. The van der Waals surface area contributed by atoms with E-state index in [1.165, 1.54) is 109 Å². The van der Waals surface area contributed by atoms with Crippen LogP contribution in [0.2, 0.25) is 0 Å². The lowest BCUT2D eigenvalue weighted by molar-refractivity contribution is -0.153. The van der Waals surface area contributed by atoms with E-state index in [4.69, 9.17) is 0 Å². The maximum absolute atomic E-state index is 11.4. The Morgan fingerprint density at radius 3 is 1.33 bits per heavy atom. The fourth-order valence-electron chi connectivity index (χ4n) is 4.03. The standard InChI is InChI=1S/C24H44O3/c1-2-3-4-5-6-7-8-9-10-11-12-13-14-15-16-17-18-19-20-22-21-23(25)27-24(22)26/h22H,2-21H2,1H3. The monoisotopic (exact) mass is 380 g/mol. The van der Waals surface area contributed by atoms with Crippen molar-refractivity contribution in [1.82, 2.24) is 0 Å². The molecule has 1 saturated heterocycles. The zero-order valence-electron chi connectivity index (χ0n) is 17.9. The number of carbonyl (C=O) groups excluding carboxylic acids is 2. The molecule has 0 aromatic rings. The number of carbonyl (C=O) groups is 2. The van der Waals surface area contributed by atoms with Crippen LogP contribution in [0.5, 0.6) is 0 Å². The van der Waals surface area contributed by atoms with E-state index >= 15 is 0 Å². The minimum Gasteiger partial charge on any atom is -0.393 e. The average molecular weight is 381 g/mol. The molecule has 1 heterocycles. The summed E-state index contributed by atoms with van der Waals surface area (Å²) in [6, 6.07) is 0. The summed E-state index contributed by atoms with van der Waals surface area (Å²) in [5.74, 6) is -0.794. The van der Waals surface area contributed by atoms with Crippen molar-refractivity contribution in [3.63, 3.8) is 0 Å². The second-order valence-corrected chi connectivity index (χ2v) is 8.49. The number of esters is 2. The summed E-state index contributed by atoms with van der Waals surface area (Å²) < 4.78 is 4.58. The molecule has 27 heavy (non-hydrogen) atoms. The molecule has 1 atom stereocenters. The van der Waals surface area contributed by atoms with Crippen LogP contribution in [0.15, 0.2) is 0 Å². The topological polar surface area (TPSA) is 43.4 Å². The molecule has 0 spiro atoms. The summed E-state index contributed by atoms with van der Waals surface area (Å²) in [6.45, 7) is 2.28. The van der Waals surface area contributed by atoms with Gasteiger partial charge in [-0.05, 0) is 6.42 Å². The third-order valence-corrected chi connectivity index (χ3v) is 5.87. The normalized spacial score (nSPS) is 16.9. The molecule has 1 fully saturated rings. The summed E-state index contributed by atoms with van der Waals surface area (Å²) in [6.07, 6.45) is 25.7. The van der Waals surface area contributed by atoms with E-state index < -0.39 is 0 Å². The zero-order valence-corrected chi connectivity index (χ0v) is 17.9. The summed E-state index contributed by atoms with van der Waals surface area (Å²) in [5, 5.41) is 0. The van der Waals surface area contributed by atoms with Gasteiger partial charge in [-0.1, -0.05) is 122 Å². The highest BCUT2D eigenvalue weighted by Crippen LogP contribution is 2.22. The average Bonchev–Trinajstić information content (AvgIpc) is 2.98. The van der Waals surface area contributed by atoms with E-state index in [-0.39, 0.29) is 17.9 Å². The van der Waals surface area contributed by atoms with E-state index in [1.54, 1.807) is 0 Å².